The number of nitrogens with one attached hydrogen (secondary N) is 2. The molecule has 4 atom stereocenters. The highest BCUT2D eigenvalue weighted by molar-refractivity contribution is 5.83. The number of aliphatic hydroxyl groups is 4. The molecule has 0 aromatic heterocycles. The van der Waals surface area contributed by atoms with E-state index in [4.69, 9.17) is 40.9 Å². The lowest BCUT2D eigenvalue weighted by Crippen LogP contribution is -2.39. The Kier molecular flexibility index (Phi) is 14.5. The second-order valence-corrected chi connectivity index (χ2v) is 7.21. The summed E-state index contributed by atoms with van der Waals surface area (Å²) in [5, 5.41) is 93.4. The zero-order chi connectivity index (χ0) is 28.0. The fourth-order valence-corrected chi connectivity index (χ4v) is 2.39. The number of aromatic hydroxyl groups is 4. The van der Waals surface area contributed by atoms with E-state index < -0.39 is 36.4 Å². The maximum absolute atomic E-state index is 9.77. The van der Waals surface area contributed by atoms with Gasteiger partial charge in [0, 0.05) is 13.1 Å². The van der Waals surface area contributed by atoms with E-state index >= 15 is 0 Å². The van der Waals surface area contributed by atoms with E-state index in [0.29, 0.717) is 24.2 Å². The summed E-state index contributed by atoms with van der Waals surface area (Å²) in [5.41, 5.74) is 1.15. The van der Waals surface area contributed by atoms with Crippen LogP contribution in [0.4, 0.5) is 0 Å². The molecule has 0 saturated heterocycles. The van der Waals surface area contributed by atoms with Gasteiger partial charge in [-0.15, -0.1) is 0 Å². The van der Waals surface area contributed by atoms with Crippen LogP contribution in [-0.4, -0.2) is 102 Å². The SMILES string of the molecule is CNC[C@@H](O)c1ccc(O)c(O)c1.CNC[C@@H](O)c1ccc(O)c(O)c1.O=C(O)C(O)C(O)C(=O)O. The van der Waals surface area contributed by atoms with Crippen molar-refractivity contribution in [1.29, 1.82) is 0 Å². The van der Waals surface area contributed by atoms with Gasteiger partial charge in [-0.25, -0.2) is 9.59 Å². The first-order chi connectivity index (χ1) is 16.8. The molecule has 14 heteroatoms. The van der Waals surface area contributed by atoms with Gasteiger partial charge in [-0.3, -0.25) is 0 Å². The van der Waals surface area contributed by atoms with Gasteiger partial charge in [0.2, 0.25) is 0 Å². The Bertz CT molecular complexity index is 895. The lowest BCUT2D eigenvalue weighted by Gasteiger charge is -2.10. The molecule has 0 bridgehead atoms. The van der Waals surface area contributed by atoms with E-state index in [0.717, 1.165) is 0 Å². The summed E-state index contributed by atoms with van der Waals surface area (Å²) in [7, 11) is 3.45. The van der Waals surface area contributed by atoms with Gasteiger partial charge in [-0.1, -0.05) is 12.1 Å². The molecule has 0 amide bonds. The summed E-state index contributed by atoms with van der Waals surface area (Å²) in [6, 6.07) is 8.52. The van der Waals surface area contributed by atoms with Gasteiger partial charge in [0.05, 0.1) is 12.2 Å². The first-order valence-electron chi connectivity index (χ1n) is 10.3. The number of rotatable bonds is 9. The van der Waals surface area contributed by atoms with Gasteiger partial charge in [0.25, 0.3) is 0 Å². The molecule has 36 heavy (non-hydrogen) atoms. The summed E-state index contributed by atoms with van der Waals surface area (Å²) >= 11 is 0. The molecule has 14 nitrogen and oxygen atoms in total. The van der Waals surface area contributed by atoms with E-state index in [2.05, 4.69) is 10.6 Å². The van der Waals surface area contributed by atoms with Gasteiger partial charge < -0.3 is 61.7 Å². The molecule has 2 rings (SSSR count). The number of likely N-dealkylation sites (N-methyl/N-ethyl adjacent to an activating group) is 2. The van der Waals surface area contributed by atoms with Crippen LogP contribution in [0.3, 0.4) is 0 Å². The third-order valence-electron chi connectivity index (χ3n) is 4.37. The van der Waals surface area contributed by atoms with Crippen LogP contribution >= 0.6 is 0 Å². The lowest BCUT2D eigenvalue weighted by molar-refractivity contribution is -0.165. The number of benzene rings is 2. The Morgan fingerprint density at radius 2 is 0.944 bits per heavy atom. The molecular weight excluding hydrogens is 484 g/mol. The van der Waals surface area contributed by atoms with E-state index in [-0.39, 0.29) is 23.0 Å². The average molecular weight is 517 g/mol. The van der Waals surface area contributed by atoms with Crippen molar-refractivity contribution in [3.8, 4) is 23.0 Å². The number of carbonyl (C=O) groups is 2. The molecule has 0 heterocycles. The van der Waals surface area contributed by atoms with E-state index in [1.54, 1.807) is 26.2 Å². The minimum absolute atomic E-state index is 0.180. The molecule has 0 radical (unpaired) electrons. The van der Waals surface area contributed by atoms with Crippen molar-refractivity contribution < 1.29 is 60.7 Å². The first-order valence-corrected chi connectivity index (χ1v) is 10.3. The van der Waals surface area contributed by atoms with E-state index in [1.165, 1.54) is 24.3 Å². The van der Waals surface area contributed by atoms with Crippen molar-refractivity contribution in [2.75, 3.05) is 27.2 Å². The molecule has 2 unspecified atom stereocenters. The molecule has 2 aromatic carbocycles. The Morgan fingerprint density at radius 1 is 0.639 bits per heavy atom. The Balaban J connectivity index is 0.000000517. The average Bonchev–Trinajstić information content (AvgIpc) is 2.82. The standard InChI is InChI=1S/2C9H13NO3.C4H6O6/c2*1-10-5-9(13)6-2-3-7(11)8(12)4-6;5-1(3(7)8)2(6)4(9)10/h2*2-4,9-13H,5H2,1H3;1-2,5-6H,(H,7,8)(H,9,10)/t2*9-;/m11./s1. The number of hydrogen-bond acceptors (Lipinski definition) is 12. The van der Waals surface area contributed by atoms with Crippen molar-refractivity contribution >= 4 is 11.9 Å². The highest BCUT2D eigenvalue weighted by Crippen LogP contribution is 2.28. The van der Waals surface area contributed by atoms with Gasteiger partial charge in [0.15, 0.2) is 35.2 Å². The van der Waals surface area contributed by atoms with Crippen molar-refractivity contribution in [2.24, 2.45) is 0 Å². The van der Waals surface area contributed by atoms with Crippen LogP contribution in [0.5, 0.6) is 23.0 Å². The van der Waals surface area contributed by atoms with Crippen LogP contribution in [0, 0.1) is 0 Å². The van der Waals surface area contributed by atoms with Crippen molar-refractivity contribution in [3.63, 3.8) is 0 Å². The van der Waals surface area contributed by atoms with Gasteiger partial charge in [-0.05, 0) is 49.5 Å². The first kappa shape index (κ1) is 32.3. The second-order valence-electron chi connectivity index (χ2n) is 7.21. The highest BCUT2D eigenvalue weighted by atomic mass is 16.4. The number of carboxylic acids is 2. The largest absolute Gasteiger partial charge is 0.504 e. The zero-order valence-corrected chi connectivity index (χ0v) is 19.5. The Morgan fingerprint density at radius 3 is 1.17 bits per heavy atom. The minimum atomic E-state index is -2.27. The molecule has 202 valence electrons. The maximum Gasteiger partial charge on any atom is 0.335 e. The maximum atomic E-state index is 9.77. The normalized spacial score (nSPS) is 13.6. The van der Waals surface area contributed by atoms with Crippen molar-refractivity contribution in [1.82, 2.24) is 10.6 Å². The molecule has 0 fully saturated rings. The molecule has 0 aliphatic heterocycles. The van der Waals surface area contributed by atoms with Gasteiger partial charge in [0.1, 0.15) is 0 Å². The van der Waals surface area contributed by atoms with Crippen LogP contribution in [0.15, 0.2) is 36.4 Å². The fourth-order valence-electron chi connectivity index (χ4n) is 2.39. The monoisotopic (exact) mass is 516 g/mol. The van der Waals surface area contributed by atoms with Crippen LogP contribution in [0.1, 0.15) is 23.3 Å². The molecule has 0 spiro atoms. The van der Waals surface area contributed by atoms with E-state index in [9.17, 15) is 19.8 Å². The topological polar surface area (TPSA) is 260 Å². The number of carboxylic acid groups (broad SMARTS) is 2. The second kappa shape index (κ2) is 16.1. The molecule has 0 saturated carbocycles. The number of phenols is 4. The number of phenolic OH excluding ortho intramolecular Hbond substituents is 4. The Labute approximate surface area is 206 Å². The van der Waals surface area contributed by atoms with Crippen LogP contribution in [0.2, 0.25) is 0 Å². The quantitative estimate of drug-likeness (QED) is 0.171. The molecule has 2 aromatic rings. The van der Waals surface area contributed by atoms with Crippen molar-refractivity contribution in [3.05, 3.63) is 47.5 Å². The number of hydrogen-bond donors (Lipinski definition) is 12. The third kappa shape index (κ3) is 11.2. The summed E-state index contributed by atoms with van der Waals surface area (Å²) < 4.78 is 0. The molecule has 0 aliphatic carbocycles. The number of aliphatic hydroxyl groups excluding tert-OH is 4. The van der Waals surface area contributed by atoms with Gasteiger partial charge >= 0.3 is 11.9 Å². The third-order valence-corrected chi connectivity index (χ3v) is 4.37. The van der Waals surface area contributed by atoms with E-state index in [1.807, 2.05) is 0 Å². The number of aliphatic carboxylic acids is 2. The minimum Gasteiger partial charge on any atom is -0.504 e. The highest BCUT2D eigenvalue weighted by Gasteiger charge is 2.29. The van der Waals surface area contributed by atoms with Crippen LogP contribution < -0.4 is 10.6 Å². The predicted molar refractivity (Wildman–Crippen MR) is 125 cm³/mol. The van der Waals surface area contributed by atoms with Crippen LogP contribution in [0.25, 0.3) is 0 Å². The fraction of sp³-hybridized carbons (Fsp3) is 0.364. The smallest absolute Gasteiger partial charge is 0.335 e. The lowest BCUT2D eigenvalue weighted by atomic mass is 10.1. The summed E-state index contributed by atoms with van der Waals surface area (Å²) in [6.07, 6.45) is -5.87. The molecule has 12 N–H and O–H groups in total. The molecule has 0 aliphatic rings. The van der Waals surface area contributed by atoms with Gasteiger partial charge in [-0.2, -0.15) is 0 Å². The summed E-state index contributed by atoms with van der Waals surface area (Å²) in [6.45, 7) is 0.814. The molecular formula is C22H32N2O12. The van der Waals surface area contributed by atoms with Crippen LogP contribution in [-0.2, 0) is 9.59 Å². The Hall–Kier alpha value is -3.66. The summed E-state index contributed by atoms with van der Waals surface area (Å²) in [5.74, 6) is -4.33. The van der Waals surface area contributed by atoms with Crippen molar-refractivity contribution in [2.45, 2.75) is 24.4 Å². The summed E-state index contributed by atoms with van der Waals surface area (Å²) in [4.78, 5) is 19.5. The zero-order valence-electron chi connectivity index (χ0n) is 19.5. The predicted octanol–water partition coefficient (Wildman–Crippen LogP) is -1.42.